The van der Waals surface area contributed by atoms with Crippen molar-refractivity contribution in [1.29, 1.82) is 0 Å². The molecule has 0 atom stereocenters. The van der Waals surface area contributed by atoms with Crippen molar-refractivity contribution >= 4 is 39.2 Å². The van der Waals surface area contributed by atoms with E-state index in [1.54, 1.807) is 11.4 Å². The molecule has 7 heteroatoms. The predicted molar refractivity (Wildman–Crippen MR) is 92.0 cm³/mol. The van der Waals surface area contributed by atoms with Gasteiger partial charge in [-0.05, 0) is 19.1 Å². The van der Waals surface area contributed by atoms with Gasteiger partial charge >= 0.3 is 5.97 Å². The molecule has 6 nitrogen and oxygen atoms in total. The average molecular weight is 341 g/mol. The first kappa shape index (κ1) is 16.1. The summed E-state index contributed by atoms with van der Waals surface area (Å²) in [7, 11) is 0. The van der Waals surface area contributed by atoms with Crippen LogP contribution in [-0.4, -0.2) is 21.8 Å². The fourth-order valence-electron chi connectivity index (χ4n) is 2.28. The van der Waals surface area contributed by atoms with Crippen molar-refractivity contribution in [3.05, 3.63) is 52.7 Å². The Bertz CT molecular complexity index is 920. The monoisotopic (exact) mass is 341 g/mol. The second-order valence-corrected chi connectivity index (χ2v) is 6.09. The second kappa shape index (κ2) is 6.76. The van der Waals surface area contributed by atoms with E-state index < -0.39 is 5.97 Å². The molecule has 2 heterocycles. The molecule has 24 heavy (non-hydrogen) atoms. The third-order valence-corrected chi connectivity index (χ3v) is 4.06. The molecule has 0 unspecified atom stereocenters. The van der Waals surface area contributed by atoms with E-state index in [0.29, 0.717) is 16.4 Å². The minimum Gasteiger partial charge on any atom is -0.456 e. The van der Waals surface area contributed by atoms with Crippen molar-refractivity contribution in [2.75, 3.05) is 5.32 Å². The third kappa shape index (κ3) is 3.57. The number of hydrogen-bond acceptors (Lipinski definition) is 6. The van der Waals surface area contributed by atoms with E-state index in [1.807, 2.05) is 31.2 Å². The van der Waals surface area contributed by atoms with Gasteiger partial charge in [0.1, 0.15) is 6.61 Å². The summed E-state index contributed by atoms with van der Waals surface area (Å²) in [4.78, 5) is 32.0. The zero-order chi connectivity index (χ0) is 17.1. The maximum atomic E-state index is 12.4. The van der Waals surface area contributed by atoms with Crippen LogP contribution in [0.3, 0.4) is 0 Å². The van der Waals surface area contributed by atoms with Gasteiger partial charge in [0, 0.05) is 23.4 Å². The molecule has 1 N–H and O–H groups in total. The predicted octanol–water partition coefficient (Wildman–Crippen LogP) is 3.32. The topological polar surface area (TPSA) is 81.2 Å². The van der Waals surface area contributed by atoms with Gasteiger partial charge in [0.05, 0.1) is 16.8 Å². The Hall–Kier alpha value is -2.80. The number of fused-ring (bicyclic) bond motifs is 1. The number of nitrogens with zero attached hydrogens (tertiary/aromatic N) is 2. The molecule has 0 aliphatic rings. The Morgan fingerprint density at radius 3 is 2.83 bits per heavy atom. The quantitative estimate of drug-likeness (QED) is 0.736. The third-order valence-electron chi connectivity index (χ3n) is 3.25. The van der Waals surface area contributed by atoms with Crippen LogP contribution in [0.5, 0.6) is 0 Å². The second-order valence-electron chi connectivity index (χ2n) is 5.23. The van der Waals surface area contributed by atoms with Gasteiger partial charge in [-0.1, -0.05) is 18.2 Å². The summed E-state index contributed by atoms with van der Waals surface area (Å²) >= 11 is 1.29. The Kier molecular flexibility index (Phi) is 4.52. The molecular formula is C17H15N3O3S. The molecule has 3 aromatic rings. The number of nitrogens with one attached hydrogen (secondary N) is 1. The Balaban J connectivity index is 1.76. The molecule has 0 saturated carbocycles. The number of thiazole rings is 1. The maximum Gasteiger partial charge on any atom is 0.339 e. The Labute approximate surface area is 142 Å². The molecule has 2 aromatic heterocycles. The normalized spacial score (nSPS) is 10.6. The number of carbonyl (C=O) groups is 2. The lowest BCUT2D eigenvalue weighted by Gasteiger charge is -2.07. The van der Waals surface area contributed by atoms with Gasteiger partial charge in [0.15, 0.2) is 5.13 Å². The van der Waals surface area contributed by atoms with Crippen LogP contribution in [0, 0.1) is 6.92 Å². The van der Waals surface area contributed by atoms with Crippen molar-refractivity contribution in [3.63, 3.8) is 0 Å². The lowest BCUT2D eigenvalue weighted by molar-refractivity contribution is -0.114. The van der Waals surface area contributed by atoms with Crippen molar-refractivity contribution < 1.29 is 14.3 Å². The summed E-state index contributed by atoms with van der Waals surface area (Å²) in [5.41, 5.74) is 2.58. The summed E-state index contributed by atoms with van der Waals surface area (Å²) in [6.45, 7) is 3.30. The minimum absolute atomic E-state index is 0.0462. The van der Waals surface area contributed by atoms with Gasteiger partial charge < -0.3 is 10.1 Å². The van der Waals surface area contributed by atoms with E-state index in [4.69, 9.17) is 4.74 Å². The number of carbonyl (C=O) groups excluding carboxylic acids is 2. The molecule has 122 valence electrons. The minimum atomic E-state index is -0.425. The first-order valence-electron chi connectivity index (χ1n) is 7.28. The molecule has 1 amide bonds. The van der Waals surface area contributed by atoms with E-state index in [9.17, 15) is 9.59 Å². The number of pyridine rings is 1. The number of rotatable bonds is 4. The summed E-state index contributed by atoms with van der Waals surface area (Å²) in [6.07, 6.45) is 0. The van der Waals surface area contributed by atoms with Crippen LogP contribution in [0.2, 0.25) is 0 Å². The van der Waals surface area contributed by atoms with Crippen molar-refractivity contribution in [2.45, 2.75) is 20.5 Å². The standard InChI is InChI=1S/C17H15N3O3S/c1-10-7-14(13-5-3-4-6-15(13)18-10)16(22)23-8-12-9-24-17(20-12)19-11(2)21/h3-7,9H,8H2,1-2H3,(H,19,20,21). The summed E-state index contributed by atoms with van der Waals surface area (Å²) in [5.74, 6) is -0.614. The fraction of sp³-hybridized carbons (Fsp3) is 0.176. The van der Waals surface area contributed by atoms with Crippen molar-refractivity contribution in [2.24, 2.45) is 0 Å². The molecule has 0 radical (unpaired) electrons. The zero-order valence-corrected chi connectivity index (χ0v) is 14.0. The van der Waals surface area contributed by atoms with Gasteiger partial charge in [-0.25, -0.2) is 9.78 Å². The van der Waals surface area contributed by atoms with Gasteiger partial charge in [-0.3, -0.25) is 9.78 Å². The summed E-state index contributed by atoms with van der Waals surface area (Å²) in [6, 6.07) is 9.16. The van der Waals surface area contributed by atoms with E-state index in [-0.39, 0.29) is 12.5 Å². The smallest absolute Gasteiger partial charge is 0.339 e. The van der Waals surface area contributed by atoms with E-state index in [0.717, 1.165) is 16.6 Å². The fourth-order valence-corrected chi connectivity index (χ4v) is 3.02. The number of anilines is 1. The van der Waals surface area contributed by atoms with Crippen LogP contribution in [0.1, 0.15) is 28.7 Å². The maximum absolute atomic E-state index is 12.4. The highest BCUT2D eigenvalue weighted by molar-refractivity contribution is 7.13. The molecule has 0 saturated heterocycles. The lowest BCUT2D eigenvalue weighted by atomic mass is 10.1. The number of hydrogen-bond donors (Lipinski definition) is 1. The summed E-state index contributed by atoms with van der Waals surface area (Å²) in [5, 5.41) is 5.58. The Morgan fingerprint density at radius 1 is 1.25 bits per heavy atom. The molecular weight excluding hydrogens is 326 g/mol. The molecule has 0 bridgehead atoms. The van der Waals surface area contributed by atoms with Gasteiger partial charge in [-0.15, -0.1) is 11.3 Å². The summed E-state index contributed by atoms with van der Waals surface area (Å²) < 4.78 is 5.36. The Morgan fingerprint density at radius 2 is 2.04 bits per heavy atom. The van der Waals surface area contributed by atoms with Crippen LogP contribution in [0.15, 0.2) is 35.7 Å². The molecule has 0 aliphatic heterocycles. The highest BCUT2D eigenvalue weighted by Crippen LogP contribution is 2.20. The first-order chi connectivity index (χ1) is 11.5. The number of aromatic nitrogens is 2. The van der Waals surface area contributed by atoms with E-state index in [2.05, 4.69) is 15.3 Å². The van der Waals surface area contributed by atoms with Crippen molar-refractivity contribution in [3.8, 4) is 0 Å². The molecule has 3 rings (SSSR count). The van der Waals surface area contributed by atoms with Crippen molar-refractivity contribution in [1.82, 2.24) is 9.97 Å². The van der Waals surface area contributed by atoms with E-state index in [1.165, 1.54) is 18.3 Å². The van der Waals surface area contributed by atoms with Crippen LogP contribution in [0.4, 0.5) is 5.13 Å². The number of aryl methyl sites for hydroxylation is 1. The highest BCUT2D eigenvalue weighted by Gasteiger charge is 2.14. The van der Waals surface area contributed by atoms with E-state index >= 15 is 0 Å². The number of esters is 1. The molecule has 0 spiro atoms. The van der Waals surface area contributed by atoms with Gasteiger partial charge in [-0.2, -0.15) is 0 Å². The lowest BCUT2D eigenvalue weighted by Crippen LogP contribution is -2.08. The molecule has 0 aliphatic carbocycles. The number of amides is 1. The number of para-hydroxylation sites is 1. The van der Waals surface area contributed by atoms with Crippen LogP contribution >= 0.6 is 11.3 Å². The first-order valence-corrected chi connectivity index (χ1v) is 8.16. The van der Waals surface area contributed by atoms with Gasteiger partial charge in [0.25, 0.3) is 0 Å². The van der Waals surface area contributed by atoms with Crippen LogP contribution in [0.25, 0.3) is 10.9 Å². The number of ether oxygens (including phenoxy) is 1. The average Bonchev–Trinajstić information content (AvgIpc) is 2.98. The number of benzene rings is 1. The molecule has 0 fully saturated rings. The SMILES string of the molecule is CC(=O)Nc1nc(COC(=O)c2cc(C)nc3ccccc23)cs1. The van der Waals surface area contributed by atoms with Crippen LogP contribution < -0.4 is 5.32 Å². The molecule has 1 aromatic carbocycles. The highest BCUT2D eigenvalue weighted by atomic mass is 32.1. The van der Waals surface area contributed by atoms with Gasteiger partial charge in [0.2, 0.25) is 5.91 Å². The van der Waals surface area contributed by atoms with Crippen LogP contribution in [-0.2, 0) is 16.1 Å². The zero-order valence-electron chi connectivity index (χ0n) is 13.2. The largest absolute Gasteiger partial charge is 0.456 e.